The smallest absolute Gasteiger partial charge is 0.253 e. The van der Waals surface area contributed by atoms with Gasteiger partial charge in [-0.1, -0.05) is 18.2 Å². The Bertz CT molecular complexity index is 646. The number of hydrogen-bond donors (Lipinski definition) is 2. The predicted octanol–water partition coefficient (Wildman–Crippen LogP) is 1.51. The summed E-state index contributed by atoms with van der Waals surface area (Å²) >= 11 is 2.19. The Kier molecular flexibility index (Phi) is 5.26. The van der Waals surface area contributed by atoms with E-state index in [1.807, 2.05) is 24.3 Å². The molecule has 0 radical (unpaired) electrons. The number of nitrogens with two attached hydrogens (primary N) is 1. The molecule has 2 amide bonds. The van der Waals surface area contributed by atoms with Crippen molar-refractivity contribution in [2.24, 2.45) is 5.73 Å². The number of nitrogens with zero attached hydrogens (tertiary/aromatic N) is 1. The van der Waals surface area contributed by atoms with E-state index < -0.39 is 11.9 Å². The van der Waals surface area contributed by atoms with Crippen LogP contribution in [0.1, 0.15) is 15.9 Å². The lowest BCUT2D eigenvalue weighted by molar-refractivity contribution is -0.119. The minimum atomic E-state index is -0.756. The number of amides is 2. The fraction of sp³-hybridized carbons (Fsp3) is 0.133. The van der Waals surface area contributed by atoms with Gasteiger partial charge in [0, 0.05) is 22.4 Å². The first-order valence-electron chi connectivity index (χ1n) is 6.31. The van der Waals surface area contributed by atoms with Crippen molar-refractivity contribution in [3.05, 3.63) is 63.5 Å². The van der Waals surface area contributed by atoms with Crippen molar-refractivity contribution in [3.8, 4) is 0 Å². The number of rotatable bonds is 5. The summed E-state index contributed by atoms with van der Waals surface area (Å²) in [5.74, 6) is -0.926. The molecule has 1 heterocycles. The maximum atomic E-state index is 12.1. The van der Waals surface area contributed by atoms with Crippen molar-refractivity contribution >= 4 is 34.4 Å². The molecule has 0 saturated carbocycles. The molecule has 0 fully saturated rings. The summed E-state index contributed by atoms with van der Waals surface area (Å²) in [5, 5.41) is 2.65. The van der Waals surface area contributed by atoms with Gasteiger partial charge in [-0.3, -0.25) is 14.6 Å². The van der Waals surface area contributed by atoms with Gasteiger partial charge in [0.05, 0.1) is 5.56 Å². The zero-order valence-electron chi connectivity index (χ0n) is 11.1. The van der Waals surface area contributed by atoms with E-state index in [-0.39, 0.29) is 5.91 Å². The van der Waals surface area contributed by atoms with Crippen LogP contribution in [-0.2, 0) is 11.2 Å². The lowest BCUT2D eigenvalue weighted by atomic mass is 10.1. The monoisotopic (exact) mass is 395 g/mol. The number of aromatic nitrogens is 1. The van der Waals surface area contributed by atoms with E-state index in [0.717, 1.165) is 9.13 Å². The molecule has 0 spiro atoms. The van der Waals surface area contributed by atoms with Crippen LogP contribution in [0.2, 0.25) is 0 Å². The normalized spacial score (nSPS) is 11.7. The first kappa shape index (κ1) is 15.4. The van der Waals surface area contributed by atoms with Gasteiger partial charge in [-0.05, 0) is 46.4 Å². The van der Waals surface area contributed by atoms with Gasteiger partial charge in [0.2, 0.25) is 5.91 Å². The zero-order chi connectivity index (χ0) is 15.2. The first-order chi connectivity index (χ1) is 10.1. The molecule has 6 heteroatoms. The average Bonchev–Trinajstić information content (AvgIpc) is 2.49. The molecule has 0 aliphatic heterocycles. The number of primary amides is 1. The molecule has 1 aromatic carbocycles. The zero-order valence-corrected chi connectivity index (χ0v) is 13.3. The average molecular weight is 395 g/mol. The van der Waals surface area contributed by atoms with Crippen LogP contribution < -0.4 is 11.1 Å². The van der Waals surface area contributed by atoms with E-state index in [4.69, 9.17) is 5.73 Å². The highest BCUT2D eigenvalue weighted by Crippen LogP contribution is 2.13. The van der Waals surface area contributed by atoms with Crippen molar-refractivity contribution in [3.63, 3.8) is 0 Å². The molecule has 1 aromatic heterocycles. The highest BCUT2D eigenvalue weighted by molar-refractivity contribution is 14.1. The standard InChI is InChI=1S/C15H14IN3O2/c16-12-6-2-1-4-10(12)8-13(14(17)20)19-15(21)11-5-3-7-18-9-11/h1-7,9,13H,8H2,(H2,17,20)(H,19,21)/t13-/m0/s1. The SMILES string of the molecule is NC(=O)[C@H](Cc1ccccc1I)NC(=O)c1cccnc1. The Morgan fingerprint density at radius 1 is 1.24 bits per heavy atom. The highest BCUT2D eigenvalue weighted by atomic mass is 127. The lowest BCUT2D eigenvalue weighted by Gasteiger charge is -2.16. The van der Waals surface area contributed by atoms with Crippen LogP contribution in [-0.4, -0.2) is 22.8 Å². The van der Waals surface area contributed by atoms with Crippen LogP contribution in [0.25, 0.3) is 0 Å². The molecule has 2 rings (SSSR count). The maximum absolute atomic E-state index is 12.1. The minimum Gasteiger partial charge on any atom is -0.368 e. The van der Waals surface area contributed by atoms with E-state index in [0.29, 0.717) is 12.0 Å². The van der Waals surface area contributed by atoms with Crippen molar-refractivity contribution < 1.29 is 9.59 Å². The van der Waals surface area contributed by atoms with Crippen molar-refractivity contribution in [1.29, 1.82) is 0 Å². The predicted molar refractivity (Wildman–Crippen MR) is 87.5 cm³/mol. The number of pyridine rings is 1. The van der Waals surface area contributed by atoms with Crippen LogP contribution >= 0.6 is 22.6 Å². The Labute approximate surface area is 136 Å². The Morgan fingerprint density at radius 2 is 2.00 bits per heavy atom. The molecule has 108 valence electrons. The second kappa shape index (κ2) is 7.16. The molecular formula is C15H14IN3O2. The number of halogens is 1. The fourth-order valence-electron chi connectivity index (χ4n) is 1.85. The quantitative estimate of drug-likeness (QED) is 0.753. The third-order valence-corrected chi connectivity index (χ3v) is 4.01. The second-order valence-corrected chi connectivity index (χ2v) is 5.63. The molecule has 2 aromatic rings. The van der Waals surface area contributed by atoms with Crippen LogP contribution in [0.5, 0.6) is 0 Å². The van der Waals surface area contributed by atoms with Crippen LogP contribution in [0, 0.1) is 3.57 Å². The highest BCUT2D eigenvalue weighted by Gasteiger charge is 2.20. The molecule has 5 nitrogen and oxygen atoms in total. The van der Waals surface area contributed by atoms with Gasteiger partial charge in [-0.25, -0.2) is 0 Å². The van der Waals surface area contributed by atoms with Crippen molar-refractivity contribution in [2.45, 2.75) is 12.5 Å². The first-order valence-corrected chi connectivity index (χ1v) is 7.39. The number of hydrogen-bond acceptors (Lipinski definition) is 3. The fourth-order valence-corrected chi connectivity index (χ4v) is 2.45. The molecule has 0 aliphatic rings. The van der Waals surface area contributed by atoms with Crippen molar-refractivity contribution in [2.75, 3.05) is 0 Å². The third kappa shape index (κ3) is 4.25. The van der Waals surface area contributed by atoms with E-state index in [9.17, 15) is 9.59 Å². The molecule has 0 bridgehead atoms. The van der Waals surface area contributed by atoms with Gasteiger partial charge < -0.3 is 11.1 Å². The minimum absolute atomic E-state index is 0.362. The summed E-state index contributed by atoms with van der Waals surface area (Å²) in [7, 11) is 0. The molecule has 0 saturated heterocycles. The summed E-state index contributed by atoms with van der Waals surface area (Å²) in [6.45, 7) is 0. The summed E-state index contributed by atoms with van der Waals surface area (Å²) in [4.78, 5) is 27.5. The van der Waals surface area contributed by atoms with Crippen LogP contribution in [0.15, 0.2) is 48.8 Å². The van der Waals surface area contributed by atoms with Crippen molar-refractivity contribution in [1.82, 2.24) is 10.3 Å². The third-order valence-electron chi connectivity index (χ3n) is 2.95. The summed E-state index contributed by atoms with van der Waals surface area (Å²) in [6, 6.07) is 10.2. The van der Waals surface area contributed by atoms with Gasteiger partial charge in [-0.2, -0.15) is 0 Å². The summed E-state index contributed by atoms with van der Waals surface area (Å²) in [6.07, 6.45) is 3.38. The van der Waals surface area contributed by atoms with Gasteiger partial charge >= 0.3 is 0 Å². The number of benzene rings is 1. The molecule has 0 aliphatic carbocycles. The molecule has 3 N–H and O–H groups in total. The molecule has 21 heavy (non-hydrogen) atoms. The van der Waals surface area contributed by atoms with Gasteiger partial charge in [0.1, 0.15) is 6.04 Å². The largest absolute Gasteiger partial charge is 0.368 e. The lowest BCUT2D eigenvalue weighted by Crippen LogP contribution is -2.46. The Morgan fingerprint density at radius 3 is 2.62 bits per heavy atom. The van der Waals surface area contributed by atoms with E-state index in [1.165, 1.54) is 6.20 Å². The maximum Gasteiger partial charge on any atom is 0.253 e. The molecule has 1 atom stereocenters. The van der Waals surface area contributed by atoms with E-state index in [2.05, 4.69) is 32.9 Å². The van der Waals surface area contributed by atoms with Crippen LogP contribution in [0.3, 0.4) is 0 Å². The van der Waals surface area contributed by atoms with E-state index in [1.54, 1.807) is 18.3 Å². The van der Waals surface area contributed by atoms with Gasteiger partial charge in [0.15, 0.2) is 0 Å². The number of carbonyl (C=O) groups is 2. The van der Waals surface area contributed by atoms with E-state index >= 15 is 0 Å². The Hall–Kier alpha value is -1.96. The van der Waals surface area contributed by atoms with Gasteiger partial charge in [-0.15, -0.1) is 0 Å². The topological polar surface area (TPSA) is 85.1 Å². The summed E-state index contributed by atoms with van der Waals surface area (Å²) in [5.41, 5.74) is 6.75. The summed E-state index contributed by atoms with van der Waals surface area (Å²) < 4.78 is 1.02. The molecular weight excluding hydrogens is 381 g/mol. The number of nitrogens with one attached hydrogen (secondary N) is 1. The molecule has 0 unspecified atom stereocenters. The number of carbonyl (C=O) groups excluding carboxylic acids is 2. The van der Waals surface area contributed by atoms with Gasteiger partial charge in [0.25, 0.3) is 5.91 Å². The Balaban J connectivity index is 2.12. The van der Waals surface area contributed by atoms with Crippen LogP contribution in [0.4, 0.5) is 0 Å². The second-order valence-electron chi connectivity index (χ2n) is 4.47.